The molecule has 1 rings (SSSR count). The lowest BCUT2D eigenvalue weighted by Crippen LogP contribution is -2.42. The summed E-state index contributed by atoms with van der Waals surface area (Å²) >= 11 is 0. The fourth-order valence-corrected chi connectivity index (χ4v) is 3.29. The van der Waals surface area contributed by atoms with Crippen molar-refractivity contribution in [3.8, 4) is 0 Å². The zero-order valence-corrected chi connectivity index (χ0v) is 11.7. The summed E-state index contributed by atoms with van der Waals surface area (Å²) in [6, 6.07) is 0. The molecule has 1 N–H and O–H groups in total. The van der Waals surface area contributed by atoms with Crippen LogP contribution in [-0.2, 0) is 19.5 Å². The highest BCUT2D eigenvalue weighted by molar-refractivity contribution is 7.89. The molecule has 0 atom stereocenters. The van der Waals surface area contributed by atoms with E-state index in [1.165, 1.54) is 4.31 Å². The van der Waals surface area contributed by atoms with Crippen molar-refractivity contribution in [2.75, 3.05) is 45.3 Å². The summed E-state index contributed by atoms with van der Waals surface area (Å²) in [4.78, 5) is 0. The van der Waals surface area contributed by atoms with Gasteiger partial charge in [0.1, 0.15) is 0 Å². The first-order valence-corrected chi connectivity index (χ1v) is 7.99. The number of sulfonamides is 1. The number of ether oxygens (including phenoxy) is 2. The van der Waals surface area contributed by atoms with E-state index in [-0.39, 0.29) is 25.1 Å². The lowest BCUT2D eigenvalue weighted by molar-refractivity contribution is 0.00312. The molecule has 1 aliphatic rings. The second kappa shape index (κ2) is 8.06. The molecule has 0 aromatic rings. The highest BCUT2D eigenvalue weighted by Crippen LogP contribution is 2.16. The normalized spacial score (nSPS) is 19.2. The van der Waals surface area contributed by atoms with Crippen molar-refractivity contribution in [2.24, 2.45) is 0 Å². The van der Waals surface area contributed by atoms with Gasteiger partial charge < -0.3 is 14.6 Å². The Morgan fingerprint density at radius 1 is 1.28 bits per heavy atom. The van der Waals surface area contributed by atoms with Gasteiger partial charge in [-0.2, -0.15) is 0 Å². The Labute approximate surface area is 109 Å². The van der Waals surface area contributed by atoms with Gasteiger partial charge in [-0.05, 0) is 19.8 Å². The van der Waals surface area contributed by atoms with Crippen molar-refractivity contribution < 1.29 is 23.0 Å². The average molecular weight is 281 g/mol. The number of hydrogen-bond acceptors (Lipinski definition) is 5. The lowest BCUT2D eigenvalue weighted by Gasteiger charge is -2.31. The number of hydrogen-bond donors (Lipinski definition) is 1. The topological polar surface area (TPSA) is 76.1 Å². The van der Waals surface area contributed by atoms with Gasteiger partial charge in [-0.1, -0.05) is 0 Å². The molecule has 1 fully saturated rings. The highest BCUT2D eigenvalue weighted by atomic mass is 32.2. The molecule has 1 saturated heterocycles. The molecule has 6 nitrogen and oxygen atoms in total. The molecular weight excluding hydrogens is 258 g/mol. The van der Waals surface area contributed by atoms with E-state index >= 15 is 0 Å². The predicted octanol–water partition coefficient (Wildman–Crippen LogP) is -0.174. The Bertz CT molecular complexity index is 311. The predicted molar refractivity (Wildman–Crippen MR) is 67.9 cm³/mol. The van der Waals surface area contributed by atoms with Crippen LogP contribution in [0.1, 0.15) is 19.8 Å². The average Bonchev–Trinajstić information content (AvgIpc) is 2.37. The molecule has 0 bridgehead atoms. The van der Waals surface area contributed by atoms with Gasteiger partial charge in [0.05, 0.1) is 31.7 Å². The molecule has 0 radical (unpaired) electrons. The Kier molecular flexibility index (Phi) is 7.10. The summed E-state index contributed by atoms with van der Waals surface area (Å²) in [7, 11) is -3.20. The molecule has 0 spiro atoms. The fourth-order valence-electron chi connectivity index (χ4n) is 1.93. The number of nitrogens with zero attached hydrogens (tertiary/aromatic N) is 1. The van der Waals surface area contributed by atoms with E-state index < -0.39 is 10.0 Å². The van der Waals surface area contributed by atoms with Crippen LogP contribution in [0.5, 0.6) is 0 Å². The lowest BCUT2D eigenvalue weighted by atomic mass is 10.1. The van der Waals surface area contributed by atoms with Gasteiger partial charge in [-0.25, -0.2) is 12.7 Å². The number of aliphatic hydroxyl groups excluding tert-OH is 1. The van der Waals surface area contributed by atoms with Gasteiger partial charge in [0.15, 0.2) is 0 Å². The first kappa shape index (κ1) is 15.8. The first-order chi connectivity index (χ1) is 8.60. The molecular formula is C11H23NO5S. The molecule has 0 aromatic carbocycles. The van der Waals surface area contributed by atoms with Crippen LogP contribution in [0.3, 0.4) is 0 Å². The maximum absolute atomic E-state index is 11.9. The van der Waals surface area contributed by atoms with Crippen LogP contribution >= 0.6 is 0 Å². The summed E-state index contributed by atoms with van der Waals surface area (Å²) < 4.78 is 35.9. The van der Waals surface area contributed by atoms with Crippen LogP contribution in [0.15, 0.2) is 0 Å². The Balaban J connectivity index is 2.32. The van der Waals surface area contributed by atoms with Crippen LogP contribution in [-0.4, -0.2) is 69.2 Å². The molecule has 0 unspecified atom stereocenters. The third-order valence-corrected chi connectivity index (χ3v) is 4.76. The number of piperidine rings is 1. The van der Waals surface area contributed by atoms with Crippen LogP contribution in [0.4, 0.5) is 0 Å². The minimum atomic E-state index is -3.20. The maximum atomic E-state index is 11.9. The largest absolute Gasteiger partial charge is 0.394 e. The van der Waals surface area contributed by atoms with Gasteiger partial charge in [0.2, 0.25) is 10.0 Å². The van der Waals surface area contributed by atoms with Gasteiger partial charge in [-0.15, -0.1) is 0 Å². The SMILES string of the molecule is CCOCCS(=O)(=O)N1CCC(OCCO)CC1. The summed E-state index contributed by atoms with van der Waals surface area (Å²) in [5.74, 6) is 0.0446. The minimum Gasteiger partial charge on any atom is -0.394 e. The maximum Gasteiger partial charge on any atom is 0.216 e. The first-order valence-electron chi connectivity index (χ1n) is 6.38. The summed E-state index contributed by atoms with van der Waals surface area (Å²) in [6.07, 6.45) is 1.44. The van der Waals surface area contributed by atoms with Crippen LogP contribution in [0, 0.1) is 0 Å². The van der Waals surface area contributed by atoms with E-state index in [1.807, 2.05) is 6.92 Å². The standard InChI is InChI=1S/C11H23NO5S/c1-2-16-9-10-18(14,15)12-5-3-11(4-6-12)17-8-7-13/h11,13H,2-10H2,1H3. The smallest absolute Gasteiger partial charge is 0.216 e. The molecule has 0 aliphatic carbocycles. The van der Waals surface area contributed by atoms with Crippen molar-refractivity contribution in [2.45, 2.75) is 25.9 Å². The van der Waals surface area contributed by atoms with Gasteiger partial charge in [0.25, 0.3) is 0 Å². The van der Waals surface area contributed by atoms with Crippen molar-refractivity contribution in [3.05, 3.63) is 0 Å². The summed E-state index contributed by atoms with van der Waals surface area (Å²) in [6.45, 7) is 3.94. The van der Waals surface area contributed by atoms with Gasteiger partial charge >= 0.3 is 0 Å². The van der Waals surface area contributed by atoms with E-state index in [4.69, 9.17) is 14.6 Å². The monoisotopic (exact) mass is 281 g/mol. The zero-order chi connectivity index (χ0) is 13.4. The number of rotatable bonds is 8. The third-order valence-electron chi connectivity index (χ3n) is 2.93. The van der Waals surface area contributed by atoms with Crippen LogP contribution in [0.25, 0.3) is 0 Å². The summed E-state index contributed by atoms with van der Waals surface area (Å²) in [5, 5.41) is 8.65. The van der Waals surface area contributed by atoms with Crippen LogP contribution < -0.4 is 0 Å². The third kappa shape index (κ3) is 5.19. The highest BCUT2D eigenvalue weighted by Gasteiger charge is 2.27. The molecule has 0 amide bonds. The number of aliphatic hydroxyl groups is 1. The minimum absolute atomic E-state index is 0.00681. The molecule has 7 heteroatoms. The quantitative estimate of drug-likeness (QED) is 0.625. The van der Waals surface area contributed by atoms with Crippen molar-refractivity contribution in [1.82, 2.24) is 4.31 Å². The Morgan fingerprint density at radius 2 is 1.94 bits per heavy atom. The van der Waals surface area contributed by atoms with E-state index in [1.54, 1.807) is 0 Å². The summed E-state index contributed by atoms with van der Waals surface area (Å²) in [5.41, 5.74) is 0. The van der Waals surface area contributed by atoms with Crippen molar-refractivity contribution >= 4 is 10.0 Å². The van der Waals surface area contributed by atoms with Crippen molar-refractivity contribution in [3.63, 3.8) is 0 Å². The van der Waals surface area contributed by atoms with Crippen molar-refractivity contribution in [1.29, 1.82) is 0 Å². The van der Waals surface area contributed by atoms with E-state index in [9.17, 15) is 8.42 Å². The molecule has 18 heavy (non-hydrogen) atoms. The molecule has 0 saturated carbocycles. The fraction of sp³-hybridized carbons (Fsp3) is 1.00. The zero-order valence-electron chi connectivity index (χ0n) is 10.9. The van der Waals surface area contributed by atoms with Gasteiger partial charge in [-0.3, -0.25) is 0 Å². The molecule has 108 valence electrons. The molecule has 0 aromatic heterocycles. The molecule has 1 heterocycles. The second-order valence-electron chi connectivity index (χ2n) is 4.21. The van der Waals surface area contributed by atoms with E-state index in [0.29, 0.717) is 39.1 Å². The Morgan fingerprint density at radius 3 is 2.50 bits per heavy atom. The van der Waals surface area contributed by atoms with E-state index in [2.05, 4.69) is 0 Å². The molecule has 1 aliphatic heterocycles. The Hall–Kier alpha value is -0.210. The van der Waals surface area contributed by atoms with E-state index in [0.717, 1.165) is 0 Å². The second-order valence-corrected chi connectivity index (χ2v) is 6.29. The van der Waals surface area contributed by atoms with Crippen LogP contribution in [0.2, 0.25) is 0 Å². The van der Waals surface area contributed by atoms with Gasteiger partial charge in [0, 0.05) is 19.7 Å².